The van der Waals surface area contributed by atoms with Crippen molar-refractivity contribution in [2.75, 3.05) is 13.2 Å². The number of carbonyl (C=O) groups is 1. The van der Waals surface area contributed by atoms with Gasteiger partial charge in [-0.1, -0.05) is 17.3 Å². The molecule has 0 fully saturated rings. The first-order valence-electron chi connectivity index (χ1n) is 9.56. The highest BCUT2D eigenvalue weighted by molar-refractivity contribution is 5.93. The maximum absolute atomic E-state index is 12.9. The van der Waals surface area contributed by atoms with Crippen LogP contribution in [0.3, 0.4) is 0 Å². The highest BCUT2D eigenvalue weighted by atomic mass is 16.6. The first-order valence-corrected chi connectivity index (χ1v) is 9.56. The van der Waals surface area contributed by atoms with Gasteiger partial charge < -0.3 is 19.9 Å². The number of ether oxygens (including phenoxy) is 2. The Balaban J connectivity index is 1.39. The molecule has 1 aliphatic heterocycles. The van der Waals surface area contributed by atoms with E-state index in [-0.39, 0.29) is 23.4 Å². The van der Waals surface area contributed by atoms with Crippen molar-refractivity contribution in [3.63, 3.8) is 0 Å². The van der Waals surface area contributed by atoms with Gasteiger partial charge >= 0.3 is 0 Å². The van der Waals surface area contributed by atoms with Crippen molar-refractivity contribution >= 4 is 5.91 Å². The van der Waals surface area contributed by atoms with E-state index in [4.69, 9.17) is 9.47 Å². The number of benzene rings is 2. The van der Waals surface area contributed by atoms with E-state index < -0.39 is 0 Å². The van der Waals surface area contributed by atoms with Crippen molar-refractivity contribution in [2.24, 2.45) is 0 Å². The molecule has 0 radical (unpaired) electrons. The lowest BCUT2D eigenvalue weighted by molar-refractivity contribution is 0.0931. The summed E-state index contributed by atoms with van der Waals surface area (Å²) >= 11 is 0. The van der Waals surface area contributed by atoms with Crippen molar-refractivity contribution in [3.8, 4) is 22.9 Å². The van der Waals surface area contributed by atoms with Crippen LogP contribution < -0.4 is 14.8 Å². The molecule has 1 atom stereocenters. The van der Waals surface area contributed by atoms with Gasteiger partial charge in [0.2, 0.25) is 0 Å². The Bertz CT molecular complexity index is 1110. The van der Waals surface area contributed by atoms with Crippen LogP contribution in [0.2, 0.25) is 0 Å². The molecule has 148 valence electrons. The predicted octanol–water partition coefficient (Wildman–Crippen LogP) is 2.47. The van der Waals surface area contributed by atoms with Gasteiger partial charge in [0.15, 0.2) is 17.2 Å². The summed E-state index contributed by atoms with van der Waals surface area (Å²) in [6, 6.07) is 10.8. The summed E-state index contributed by atoms with van der Waals surface area (Å²) in [5.41, 5.74) is 3.50. The van der Waals surface area contributed by atoms with Gasteiger partial charge in [-0.15, -0.1) is 5.10 Å². The van der Waals surface area contributed by atoms with E-state index in [1.165, 1.54) is 0 Å². The molecule has 2 heterocycles. The number of hydrogen-bond donors (Lipinski definition) is 2. The van der Waals surface area contributed by atoms with Gasteiger partial charge in [-0.25, -0.2) is 4.68 Å². The number of phenolic OH excluding ortho intramolecular Hbond substituents is 1. The van der Waals surface area contributed by atoms with Gasteiger partial charge in [-0.3, -0.25) is 4.79 Å². The highest BCUT2D eigenvalue weighted by Crippen LogP contribution is 2.36. The van der Waals surface area contributed by atoms with Gasteiger partial charge in [0.05, 0.1) is 17.4 Å². The number of aromatic nitrogens is 3. The monoisotopic (exact) mass is 392 g/mol. The third-order valence-corrected chi connectivity index (χ3v) is 5.43. The van der Waals surface area contributed by atoms with Crippen molar-refractivity contribution in [1.82, 2.24) is 20.3 Å². The molecule has 1 amide bonds. The van der Waals surface area contributed by atoms with Gasteiger partial charge in [0.25, 0.3) is 5.91 Å². The Morgan fingerprint density at radius 2 is 2.03 bits per heavy atom. The largest absolute Gasteiger partial charge is 0.508 e. The molecule has 0 bridgehead atoms. The second-order valence-corrected chi connectivity index (χ2v) is 7.17. The van der Waals surface area contributed by atoms with E-state index in [1.54, 1.807) is 23.7 Å². The van der Waals surface area contributed by atoms with E-state index in [9.17, 15) is 9.90 Å². The molecule has 8 heteroatoms. The number of hydrogen-bond acceptors (Lipinski definition) is 6. The molecule has 8 nitrogen and oxygen atoms in total. The molecule has 0 saturated carbocycles. The predicted molar refractivity (Wildman–Crippen MR) is 104 cm³/mol. The first-order chi connectivity index (χ1) is 14.1. The molecule has 1 aliphatic carbocycles. The molecule has 2 aliphatic rings. The zero-order valence-electron chi connectivity index (χ0n) is 15.9. The average Bonchev–Trinajstić information content (AvgIpc) is 3.32. The Hall–Kier alpha value is -3.55. The number of carbonyl (C=O) groups excluding carboxylic acids is 1. The lowest BCUT2D eigenvalue weighted by Gasteiger charge is -2.19. The van der Waals surface area contributed by atoms with E-state index in [1.807, 2.05) is 24.3 Å². The summed E-state index contributed by atoms with van der Waals surface area (Å²) in [7, 11) is 0. The summed E-state index contributed by atoms with van der Waals surface area (Å²) < 4.78 is 12.8. The maximum atomic E-state index is 12.9. The number of aromatic hydroxyl groups is 1. The molecule has 29 heavy (non-hydrogen) atoms. The average molecular weight is 392 g/mol. The minimum atomic E-state index is -0.285. The molecule has 2 N–H and O–H groups in total. The van der Waals surface area contributed by atoms with Crippen LogP contribution in [0.25, 0.3) is 5.69 Å². The Morgan fingerprint density at radius 1 is 1.21 bits per heavy atom. The fourth-order valence-electron chi connectivity index (χ4n) is 3.96. The quantitative estimate of drug-likeness (QED) is 0.711. The van der Waals surface area contributed by atoms with E-state index in [0.717, 1.165) is 29.7 Å². The van der Waals surface area contributed by atoms with E-state index in [0.29, 0.717) is 30.4 Å². The van der Waals surface area contributed by atoms with Crippen LogP contribution in [-0.2, 0) is 6.42 Å². The van der Waals surface area contributed by atoms with Crippen LogP contribution in [0.5, 0.6) is 17.2 Å². The Morgan fingerprint density at radius 3 is 2.90 bits per heavy atom. The van der Waals surface area contributed by atoms with Gasteiger partial charge in [0, 0.05) is 6.07 Å². The molecule has 3 aromatic rings. The fraction of sp³-hybridized carbons (Fsp3) is 0.286. The lowest BCUT2D eigenvalue weighted by atomic mass is 10.1. The molecular formula is C21H20N4O4. The van der Waals surface area contributed by atoms with E-state index in [2.05, 4.69) is 15.6 Å². The number of phenols is 1. The fourth-order valence-corrected chi connectivity index (χ4v) is 3.96. The highest BCUT2D eigenvalue weighted by Gasteiger charge is 2.28. The maximum Gasteiger partial charge on any atom is 0.274 e. The molecule has 0 spiro atoms. The zero-order valence-corrected chi connectivity index (χ0v) is 15.9. The standard InChI is InChI=1S/C21H20N4O4/c1-12-20(21(27)22-16-7-6-15-14(16)3-2-4-17(15)26)23-24-25(12)13-5-8-18-19(11-13)29-10-9-28-18/h2-5,8,11,16,26H,6-7,9-10H2,1H3,(H,22,27)/t16-/m0/s1. The SMILES string of the molecule is Cc1c(C(=O)N[C@H]2CCc3c(O)cccc32)nnn1-c1ccc2c(c1)OCCO2. The summed E-state index contributed by atoms with van der Waals surface area (Å²) in [4.78, 5) is 12.9. The summed E-state index contributed by atoms with van der Waals surface area (Å²) in [5, 5.41) is 21.3. The molecule has 5 rings (SSSR count). The van der Waals surface area contributed by atoms with Crippen molar-refractivity contribution < 1.29 is 19.4 Å². The van der Waals surface area contributed by atoms with Crippen LogP contribution in [-0.4, -0.2) is 39.2 Å². The van der Waals surface area contributed by atoms with Gasteiger partial charge in [-0.05, 0) is 49.1 Å². The first kappa shape index (κ1) is 17.5. The molecule has 0 saturated heterocycles. The number of amides is 1. The van der Waals surface area contributed by atoms with Crippen LogP contribution in [0, 0.1) is 6.92 Å². The number of rotatable bonds is 3. The van der Waals surface area contributed by atoms with Crippen LogP contribution >= 0.6 is 0 Å². The number of fused-ring (bicyclic) bond motifs is 2. The summed E-state index contributed by atoms with van der Waals surface area (Å²) in [6.45, 7) is 2.83. The Labute approximate surface area is 167 Å². The topological polar surface area (TPSA) is 98.5 Å². The number of nitrogens with one attached hydrogen (secondary N) is 1. The minimum Gasteiger partial charge on any atom is -0.508 e. The second-order valence-electron chi connectivity index (χ2n) is 7.17. The van der Waals surface area contributed by atoms with Crippen molar-refractivity contribution in [1.29, 1.82) is 0 Å². The van der Waals surface area contributed by atoms with Crippen molar-refractivity contribution in [3.05, 3.63) is 58.9 Å². The normalized spacial score (nSPS) is 17.1. The Kier molecular flexibility index (Phi) is 4.12. The molecule has 2 aromatic carbocycles. The second kappa shape index (κ2) is 6.80. The minimum absolute atomic E-state index is 0.150. The van der Waals surface area contributed by atoms with E-state index >= 15 is 0 Å². The van der Waals surface area contributed by atoms with Crippen LogP contribution in [0.4, 0.5) is 0 Å². The molecular weight excluding hydrogens is 372 g/mol. The third kappa shape index (κ3) is 2.97. The summed E-state index contributed by atoms with van der Waals surface area (Å²) in [6.07, 6.45) is 1.48. The zero-order chi connectivity index (χ0) is 20.0. The van der Waals surface area contributed by atoms with Crippen LogP contribution in [0.15, 0.2) is 36.4 Å². The summed E-state index contributed by atoms with van der Waals surface area (Å²) in [5.74, 6) is 1.34. The van der Waals surface area contributed by atoms with Gasteiger partial charge in [0.1, 0.15) is 19.0 Å². The number of nitrogens with zero attached hydrogens (tertiary/aromatic N) is 3. The third-order valence-electron chi connectivity index (χ3n) is 5.43. The van der Waals surface area contributed by atoms with Crippen LogP contribution in [0.1, 0.15) is 39.8 Å². The van der Waals surface area contributed by atoms with Crippen molar-refractivity contribution in [2.45, 2.75) is 25.8 Å². The van der Waals surface area contributed by atoms with Gasteiger partial charge in [-0.2, -0.15) is 0 Å². The smallest absolute Gasteiger partial charge is 0.274 e. The lowest BCUT2D eigenvalue weighted by Crippen LogP contribution is -2.28. The molecule has 0 unspecified atom stereocenters. The molecule has 1 aromatic heterocycles.